The topological polar surface area (TPSA) is 107 Å². The van der Waals surface area contributed by atoms with Gasteiger partial charge in [0.1, 0.15) is 0 Å². The summed E-state index contributed by atoms with van der Waals surface area (Å²) in [6.45, 7) is 1.35. The lowest BCUT2D eigenvalue weighted by molar-refractivity contribution is -0.138. The van der Waals surface area contributed by atoms with Gasteiger partial charge in [-0.2, -0.15) is 0 Å². The first-order valence-corrected chi connectivity index (χ1v) is 13.2. The third-order valence-electron chi connectivity index (χ3n) is 7.81. The van der Waals surface area contributed by atoms with Crippen LogP contribution in [0.1, 0.15) is 38.5 Å². The number of piperidine rings is 1. The Morgan fingerprint density at radius 1 is 0.946 bits per heavy atom. The van der Waals surface area contributed by atoms with Crippen LogP contribution in [0.5, 0.6) is 0 Å². The number of hydrogen-bond acceptors (Lipinski definition) is 6. The Hall–Kier alpha value is -3.78. The summed E-state index contributed by atoms with van der Waals surface area (Å²) in [6, 6.07) is 12.5. The number of carbonyl (C=O) groups is 1. The van der Waals surface area contributed by atoms with Crippen LogP contribution in [0.4, 0.5) is 5.95 Å². The SMILES string of the molecule is O=C(C1CCC(Nc2nccc(-c3c[nH]c4cccc(-c5ccncc5)c34)n2)CC1)N1CCC(O)CC1. The van der Waals surface area contributed by atoms with Gasteiger partial charge in [-0.3, -0.25) is 9.78 Å². The maximum atomic E-state index is 12.9. The Bertz CT molecular complexity index is 1370. The normalized spacial score (nSPS) is 20.7. The number of likely N-dealkylation sites (tertiary alicyclic amines) is 1. The van der Waals surface area contributed by atoms with Crippen LogP contribution < -0.4 is 5.32 Å². The van der Waals surface area contributed by atoms with Crippen LogP contribution in [0, 0.1) is 5.92 Å². The number of aliphatic hydroxyl groups is 1. The van der Waals surface area contributed by atoms with Crippen molar-refractivity contribution in [3.8, 4) is 22.4 Å². The summed E-state index contributed by atoms with van der Waals surface area (Å²) in [5, 5.41) is 14.4. The van der Waals surface area contributed by atoms with Gasteiger partial charge >= 0.3 is 0 Å². The number of aromatic nitrogens is 4. The number of hydrogen-bond donors (Lipinski definition) is 3. The molecule has 1 aromatic carbocycles. The molecule has 0 unspecified atom stereocenters. The summed E-state index contributed by atoms with van der Waals surface area (Å²) >= 11 is 0. The largest absolute Gasteiger partial charge is 0.393 e. The van der Waals surface area contributed by atoms with Gasteiger partial charge in [-0.1, -0.05) is 12.1 Å². The Morgan fingerprint density at radius 2 is 1.73 bits per heavy atom. The van der Waals surface area contributed by atoms with Crippen molar-refractivity contribution in [3.05, 3.63) is 61.2 Å². The molecule has 3 N–H and O–H groups in total. The minimum atomic E-state index is -0.258. The average molecular weight is 497 g/mol. The molecule has 1 aliphatic heterocycles. The van der Waals surface area contributed by atoms with Crippen LogP contribution >= 0.6 is 0 Å². The first kappa shape index (κ1) is 23.6. The second-order valence-corrected chi connectivity index (χ2v) is 10.2. The van der Waals surface area contributed by atoms with Crippen LogP contribution in [0.2, 0.25) is 0 Å². The molecule has 8 nitrogen and oxygen atoms in total. The quantitative estimate of drug-likeness (QED) is 0.372. The van der Waals surface area contributed by atoms with Crippen molar-refractivity contribution in [2.24, 2.45) is 5.92 Å². The van der Waals surface area contributed by atoms with Gasteiger partial charge in [-0.05, 0) is 73.9 Å². The number of amides is 1. The predicted octanol–water partition coefficient (Wildman–Crippen LogP) is 4.64. The van der Waals surface area contributed by atoms with Crippen molar-refractivity contribution in [3.63, 3.8) is 0 Å². The van der Waals surface area contributed by atoms with Gasteiger partial charge in [-0.15, -0.1) is 0 Å². The van der Waals surface area contributed by atoms with Crippen molar-refractivity contribution in [2.45, 2.75) is 50.7 Å². The fraction of sp³-hybridized carbons (Fsp3) is 0.379. The molecule has 1 amide bonds. The predicted molar refractivity (Wildman–Crippen MR) is 144 cm³/mol. The summed E-state index contributed by atoms with van der Waals surface area (Å²) in [5.74, 6) is 0.958. The third-order valence-corrected chi connectivity index (χ3v) is 7.81. The van der Waals surface area contributed by atoms with Crippen molar-refractivity contribution in [2.75, 3.05) is 18.4 Å². The Kier molecular flexibility index (Phi) is 6.57. The molecule has 3 aromatic heterocycles. The van der Waals surface area contributed by atoms with Crippen LogP contribution in [0.15, 0.2) is 61.2 Å². The number of rotatable bonds is 5. The summed E-state index contributed by atoms with van der Waals surface area (Å²) in [6.07, 6.45) is 12.1. The lowest BCUT2D eigenvalue weighted by Gasteiger charge is -2.35. The number of H-pyrrole nitrogens is 1. The Labute approximate surface area is 216 Å². The van der Waals surface area contributed by atoms with Gasteiger partial charge in [-0.25, -0.2) is 9.97 Å². The molecule has 1 saturated heterocycles. The van der Waals surface area contributed by atoms with E-state index in [0.717, 1.165) is 59.0 Å². The van der Waals surface area contributed by atoms with E-state index in [-0.39, 0.29) is 24.0 Å². The zero-order valence-corrected chi connectivity index (χ0v) is 20.8. The van der Waals surface area contributed by atoms with Crippen LogP contribution in [-0.2, 0) is 4.79 Å². The fourth-order valence-electron chi connectivity index (χ4n) is 5.75. The molecule has 2 fully saturated rings. The highest BCUT2D eigenvalue weighted by molar-refractivity contribution is 6.05. The monoisotopic (exact) mass is 496 g/mol. The molecule has 4 aromatic rings. The highest BCUT2D eigenvalue weighted by Gasteiger charge is 2.31. The van der Waals surface area contributed by atoms with Crippen molar-refractivity contribution in [1.29, 1.82) is 0 Å². The van der Waals surface area contributed by atoms with Crippen molar-refractivity contribution >= 4 is 22.8 Å². The van der Waals surface area contributed by atoms with E-state index >= 15 is 0 Å². The number of benzene rings is 1. The molecule has 0 spiro atoms. The summed E-state index contributed by atoms with van der Waals surface area (Å²) in [4.78, 5) is 31.8. The van der Waals surface area contributed by atoms with E-state index in [4.69, 9.17) is 4.98 Å². The second-order valence-electron chi connectivity index (χ2n) is 10.2. The molecule has 6 rings (SSSR count). The van der Waals surface area contributed by atoms with Crippen molar-refractivity contribution < 1.29 is 9.90 Å². The molecule has 0 atom stereocenters. The second kappa shape index (κ2) is 10.3. The van der Waals surface area contributed by atoms with Gasteiger partial charge in [0, 0.05) is 66.3 Å². The van der Waals surface area contributed by atoms with Gasteiger partial charge in [0.25, 0.3) is 0 Å². The van der Waals surface area contributed by atoms with Gasteiger partial charge in [0.2, 0.25) is 11.9 Å². The Morgan fingerprint density at radius 3 is 2.51 bits per heavy atom. The van der Waals surface area contributed by atoms with Gasteiger partial charge in [0.05, 0.1) is 11.8 Å². The zero-order chi connectivity index (χ0) is 25.2. The van der Waals surface area contributed by atoms with Crippen LogP contribution in [0.25, 0.3) is 33.3 Å². The molecule has 190 valence electrons. The number of aliphatic hydroxyl groups excluding tert-OH is 1. The number of carbonyl (C=O) groups excluding carboxylic acids is 1. The molecular formula is C29H32N6O2. The molecule has 1 saturated carbocycles. The molecule has 4 heterocycles. The van der Waals surface area contributed by atoms with Crippen LogP contribution in [0.3, 0.4) is 0 Å². The molecule has 0 bridgehead atoms. The lowest BCUT2D eigenvalue weighted by Crippen LogP contribution is -2.44. The van der Waals surface area contributed by atoms with E-state index in [2.05, 4.69) is 38.5 Å². The summed E-state index contributed by atoms with van der Waals surface area (Å²) in [5.41, 5.74) is 5.20. The van der Waals surface area contributed by atoms with E-state index in [1.807, 2.05) is 41.7 Å². The molecule has 8 heteroatoms. The standard InChI is InChI=1S/C29H32N6O2/c36-22-11-16-35(17-12-22)28(37)20-4-6-21(7-5-20)33-29-31-15-10-25(34-29)24-18-32-26-3-1-2-23(27(24)26)19-8-13-30-14-9-19/h1-3,8-10,13-15,18,20-22,32,36H,4-7,11-12,16-17H2,(H,31,33,34). The fourth-order valence-corrected chi connectivity index (χ4v) is 5.75. The summed E-state index contributed by atoms with van der Waals surface area (Å²) < 4.78 is 0. The minimum Gasteiger partial charge on any atom is -0.393 e. The maximum Gasteiger partial charge on any atom is 0.225 e. The van der Waals surface area contributed by atoms with E-state index in [9.17, 15) is 9.90 Å². The van der Waals surface area contributed by atoms with E-state index in [1.165, 1.54) is 0 Å². The van der Waals surface area contributed by atoms with E-state index in [0.29, 0.717) is 31.9 Å². The zero-order valence-electron chi connectivity index (χ0n) is 20.8. The number of nitrogens with zero attached hydrogens (tertiary/aromatic N) is 4. The molecular weight excluding hydrogens is 464 g/mol. The first-order chi connectivity index (χ1) is 18.2. The van der Waals surface area contributed by atoms with E-state index in [1.54, 1.807) is 6.20 Å². The summed E-state index contributed by atoms with van der Waals surface area (Å²) in [7, 11) is 0. The highest BCUT2D eigenvalue weighted by Crippen LogP contribution is 2.36. The number of fused-ring (bicyclic) bond motifs is 1. The minimum absolute atomic E-state index is 0.0818. The third kappa shape index (κ3) is 4.93. The number of anilines is 1. The number of aromatic amines is 1. The van der Waals surface area contributed by atoms with Crippen LogP contribution in [-0.4, -0.2) is 61.1 Å². The van der Waals surface area contributed by atoms with Gasteiger partial charge in [0.15, 0.2) is 0 Å². The number of nitrogens with one attached hydrogen (secondary N) is 2. The Balaban J connectivity index is 1.16. The number of pyridine rings is 1. The van der Waals surface area contributed by atoms with Crippen molar-refractivity contribution in [1.82, 2.24) is 24.8 Å². The molecule has 37 heavy (non-hydrogen) atoms. The smallest absolute Gasteiger partial charge is 0.225 e. The molecule has 2 aliphatic rings. The highest BCUT2D eigenvalue weighted by atomic mass is 16.3. The average Bonchev–Trinajstić information content (AvgIpc) is 3.39. The lowest BCUT2D eigenvalue weighted by atomic mass is 9.85. The molecule has 1 aliphatic carbocycles. The molecule has 0 radical (unpaired) electrons. The van der Waals surface area contributed by atoms with Gasteiger partial charge < -0.3 is 20.3 Å². The first-order valence-electron chi connectivity index (χ1n) is 13.2. The maximum absolute atomic E-state index is 12.9. The van der Waals surface area contributed by atoms with E-state index < -0.39 is 0 Å².